The van der Waals surface area contributed by atoms with E-state index >= 15 is 0 Å². The van der Waals surface area contributed by atoms with Crippen molar-refractivity contribution in [3.05, 3.63) is 46.2 Å². The molecule has 1 aromatic carbocycles. The number of carbonyl (C=O) groups excluding carboxylic acids is 1. The van der Waals surface area contributed by atoms with Gasteiger partial charge in [-0.2, -0.15) is 0 Å². The first-order chi connectivity index (χ1) is 11.1. The number of nitrogens with one attached hydrogen (secondary N) is 1. The van der Waals surface area contributed by atoms with E-state index in [1.54, 1.807) is 30.5 Å². The minimum atomic E-state index is -0.355. The van der Waals surface area contributed by atoms with Crippen molar-refractivity contribution in [2.75, 3.05) is 36.5 Å². The number of amides is 1. The lowest BCUT2D eigenvalue weighted by atomic mass is 10.3. The summed E-state index contributed by atoms with van der Waals surface area (Å²) in [6.07, 6.45) is 1.57. The largest absolute Gasteiger partial charge is 0.378 e. The van der Waals surface area contributed by atoms with Gasteiger partial charge in [-0.15, -0.1) is 0 Å². The number of aromatic nitrogens is 2. The van der Waals surface area contributed by atoms with Gasteiger partial charge in [0.2, 0.25) is 5.95 Å². The van der Waals surface area contributed by atoms with E-state index in [-0.39, 0.29) is 11.6 Å². The van der Waals surface area contributed by atoms with E-state index < -0.39 is 0 Å². The summed E-state index contributed by atoms with van der Waals surface area (Å²) in [5.74, 6) is 0.161. The Morgan fingerprint density at radius 2 is 2.00 bits per heavy atom. The van der Waals surface area contributed by atoms with Crippen LogP contribution in [0.4, 0.5) is 11.6 Å². The third-order valence-corrected chi connectivity index (χ3v) is 3.90. The Bertz CT molecular complexity index is 720. The van der Waals surface area contributed by atoms with E-state index in [4.69, 9.17) is 27.9 Å². The molecule has 0 aliphatic carbocycles. The second kappa shape index (κ2) is 7.12. The first kappa shape index (κ1) is 16.0. The third-order valence-electron chi connectivity index (χ3n) is 3.35. The summed E-state index contributed by atoms with van der Waals surface area (Å²) >= 11 is 11.9. The quantitative estimate of drug-likeness (QED) is 0.919. The monoisotopic (exact) mass is 352 g/mol. The number of hydrogen-bond acceptors (Lipinski definition) is 5. The molecule has 8 heteroatoms. The minimum absolute atomic E-state index is 0.271. The van der Waals surface area contributed by atoms with Crippen LogP contribution < -0.4 is 10.2 Å². The summed E-state index contributed by atoms with van der Waals surface area (Å²) in [6, 6.07) is 6.43. The van der Waals surface area contributed by atoms with Gasteiger partial charge in [0.25, 0.3) is 5.91 Å². The number of benzene rings is 1. The summed E-state index contributed by atoms with van der Waals surface area (Å²) in [5, 5.41) is 3.59. The van der Waals surface area contributed by atoms with Crippen LogP contribution >= 0.6 is 23.2 Å². The van der Waals surface area contributed by atoms with Crippen molar-refractivity contribution in [1.82, 2.24) is 9.97 Å². The van der Waals surface area contributed by atoms with Gasteiger partial charge in [-0.05, 0) is 24.3 Å². The molecule has 0 saturated carbocycles. The highest BCUT2D eigenvalue weighted by Crippen LogP contribution is 2.25. The highest BCUT2D eigenvalue weighted by molar-refractivity contribution is 6.36. The molecule has 1 aromatic heterocycles. The van der Waals surface area contributed by atoms with Gasteiger partial charge in [-0.3, -0.25) is 4.79 Å². The fourth-order valence-corrected chi connectivity index (χ4v) is 2.62. The van der Waals surface area contributed by atoms with Gasteiger partial charge in [0, 0.05) is 24.3 Å². The predicted octanol–water partition coefficient (Wildman–Crippen LogP) is 2.87. The Kier molecular flexibility index (Phi) is 4.95. The number of ether oxygens (including phenoxy) is 1. The number of nitrogens with zero attached hydrogens (tertiary/aromatic N) is 3. The van der Waals surface area contributed by atoms with Crippen LogP contribution in [-0.2, 0) is 4.74 Å². The average Bonchev–Trinajstić information content (AvgIpc) is 2.58. The van der Waals surface area contributed by atoms with Crippen LogP contribution in [0.15, 0.2) is 30.5 Å². The number of morpholine rings is 1. The van der Waals surface area contributed by atoms with Crippen LogP contribution in [0, 0.1) is 0 Å². The van der Waals surface area contributed by atoms with Gasteiger partial charge in [0.15, 0.2) is 0 Å². The molecular weight excluding hydrogens is 339 g/mol. The molecular formula is C15H14Cl2N4O2. The first-order valence-electron chi connectivity index (χ1n) is 7.05. The SMILES string of the molecule is O=C(Nc1ccc(Cl)cc1Cl)c1ccnc(N2CCOCC2)n1. The molecule has 0 unspecified atom stereocenters. The zero-order valence-electron chi connectivity index (χ0n) is 12.1. The summed E-state index contributed by atoms with van der Waals surface area (Å²) in [7, 11) is 0. The summed E-state index contributed by atoms with van der Waals surface area (Å²) < 4.78 is 5.30. The highest BCUT2D eigenvalue weighted by atomic mass is 35.5. The predicted molar refractivity (Wildman–Crippen MR) is 89.5 cm³/mol. The smallest absolute Gasteiger partial charge is 0.274 e. The molecule has 1 saturated heterocycles. The average molecular weight is 353 g/mol. The molecule has 0 bridgehead atoms. The maximum Gasteiger partial charge on any atom is 0.274 e. The molecule has 1 aliphatic heterocycles. The fraction of sp³-hybridized carbons (Fsp3) is 0.267. The fourth-order valence-electron chi connectivity index (χ4n) is 2.17. The van der Waals surface area contributed by atoms with Gasteiger partial charge in [0.05, 0.1) is 23.9 Å². The molecule has 1 fully saturated rings. The van der Waals surface area contributed by atoms with Gasteiger partial charge in [-0.25, -0.2) is 9.97 Å². The lowest BCUT2D eigenvalue weighted by Gasteiger charge is -2.26. The number of anilines is 2. The van der Waals surface area contributed by atoms with E-state index in [1.807, 2.05) is 4.90 Å². The highest BCUT2D eigenvalue weighted by Gasteiger charge is 2.16. The van der Waals surface area contributed by atoms with Crippen LogP contribution in [0.5, 0.6) is 0 Å². The van der Waals surface area contributed by atoms with Crippen molar-refractivity contribution in [3.8, 4) is 0 Å². The number of rotatable bonds is 3. The van der Waals surface area contributed by atoms with Gasteiger partial charge in [0.1, 0.15) is 5.69 Å². The Hall–Kier alpha value is -1.89. The molecule has 6 nitrogen and oxygen atoms in total. The summed E-state index contributed by atoms with van der Waals surface area (Å²) in [5.41, 5.74) is 0.750. The second-order valence-corrected chi connectivity index (χ2v) is 5.76. The standard InChI is InChI=1S/C15H14Cl2N4O2/c16-10-1-2-12(11(17)9-10)19-14(22)13-3-4-18-15(20-13)21-5-7-23-8-6-21/h1-4,9H,5-8H2,(H,19,22). The molecule has 120 valence electrons. The molecule has 1 aliphatic rings. The van der Waals surface area contributed by atoms with E-state index in [2.05, 4.69) is 15.3 Å². The van der Waals surface area contributed by atoms with Crippen LogP contribution in [0.2, 0.25) is 10.0 Å². The second-order valence-electron chi connectivity index (χ2n) is 4.92. The van der Waals surface area contributed by atoms with E-state index in [1.165, 1.54) is 0 Å². The molecule has 3 rings (SSSR count). The third kappa shape index (κ3) is 3.90. The first-order valence-corrected chi connectivity index (χ1v) is 7.81. The lowest BCUT2D eigenvalue weighted by molar-refractivity contribution is 0.102. The van der Waals surface area contributed by atoms with Crippen LogP contribution in [0.1, 0.15) is 10.5 Å². The van der Waals surface area contributed by atoms with Gasteiger partial charge >= 0.3 is 0 Å². The van der Waals surface area contributed by atoms with Crippen molar-refractivity contribution in [1.29, 1.82) is 0 Å². The Morgan fingerprint density at radius 3 is 2.74 bits per heavy atom. The molecule has 0 radical (unpaired) electrons. The number of halogens is 2. The molecule has 0 atom stereocenters. The lowest BCUT2D eigenvalue weighted by Crippen LogP contribution is -2.37. The Morgan fingerprint density at radius 1 is 1.22 bits per heavy atom. The number of hydrogen-bond donors (Lipinski definition) is 1. The van der Waals surface area contributed by atoms with Crippen molar-refractivity contribution in [2.24, 2.45) is 0 Å². The zero-order valence-corrected chi connectivity index (χ0v) is 13.6. The van der Waals surface area contributed by atoms with E-state index in [9.17, 15) is 4.79 Å². The maximum atomic E-state index is 12.4. The summed E-state index contributed by atoms with van der Waals surface area (Å²) in [4.78, 5) is 22.9. The van der Waals surface area contributed by atoms with Gasteiger partial charge < -0.3 is 15.0 Å². The molecule has 2 aromatic rings. The molecule has 1 N–H and O–H groups in total. The van der Waals surface area contributed by atoms with Crippen molar-refractivity contribution >= 4 is 40.7 Å². The van der Waals surface area contributed by atoms with E-state index in [0.29, 0.717) is 48.0 Å². The topological polar surface area (TPSA) is 67.4 Å². The van der Waals surface area contributed by atoms with Crippen LogP contribution in [0.25, 0.3) is 0 Å². The van der Waals surface area contributed by atoms with Crippen LogP contribution in [-0.4, -0.2) is 42.2 Å². The molecule has 1 amide bonds. The van der Waals surface area contributed by atoms with Crippen molar-refractivity contribution in [2.45, 2.75) is 0 Å². The zero-order chi connectivity index (χ0) is 16.2. The maximum absolute atomic E-state index is 12.4. The van der Waals surface area contributed by atoms with E-state index in [0.717, 1.165) is 0 Å². The Labute approximate surface area is 143 Å². The van der Waals surface area contributed by atoms with Crippen molar-refractivity contribution in [3.63, 3.8) is 0 Å². The minimum Gasteiger partial charge on any atom is -0.378 e. The summed E-state index contributed by atoms with van der Waals surface area (Å²) in [6.45, 7) is 2.66. The number of carbonyl (C=O) groups is 1. The Balaban J connectivity index is 1.76. The van der Waals surface area contributed by atoms with Crippen LogP contribution in [0.3, 0.4) is 0 Å². The van der Waals surface area contributed by atoms with Gasteiger partial charge in [-0.1, -0.05) is 23.2 Å². The molecule has 23 heavy (non-hydrogen) atoms. The molecule has 2 heterocycles. The molecule has 0 spiro atoms. The van der Waals surface area contributed by atoms with Crippen molar-refractivity contribution < 1.29 is 9.53 Å². The normalized spacial score (nSPS) is 14.6.